The van der Waals surface area contributed by atoms with Crippen LogP contribution in [0.2, 0.25) is 0 Å². The van der Waals surface area contributed by atoms with Crippen molar-refractivity contribution in [3.8, 4) is 23.4 Å². The average molecular weight is 416 g/mol. The molecule has 154 valence electrons. The molecule has 0 aliphatic carbocycles. The Morgan fingerprint density at radius 3 is 2.22 bits per heavy atom. The van der Waals surface area contributed by atoms with Crippen molar-refractivity contribution in [2.24, 2.45) is 0 Å². The number of aromatic nitrogens is 1. The fraction of sp³-hybridized carbons (Fsp3) is 0.111. The van der Waals surface area contributed by atoms with Gasteiger partial charge in [0.2, 0.25) is 0 Å². The van der Waals surface area contributed by atoms with Gasteiger partial charge in [0, 0.05) is 16.5 Å². The summed E-state index contributed by atoms with van der Waals surface area (Å²) >= 11 is 0. The van der Waals surface area contributed by atoms with Crippen LogP contribution in [0, 0.1) is 22.7 Å². The molecule has 1 N–H and O–H groups in total. The van der Waals surface area contributed by atoms with Crippen LogP contribution in [0.3, 0.4) is 0 Å². The van der Waals surface area contributed by atoms with E-state index in [4.69, 9.17) is 4.98 Å². The van der Waals surface area contributed by atoms with Crippen molar-refractivity contribution in [3.63, 3.8) is 0 Å². The third-order valence-corrected chi connectivity index (χ3v) is 5.33. The number of pyridine rings is 1. The van der Waals surface area contributed by atoms with E-state index in [2.05, 4.69) is 17.5 Å². The second-order valence-corrected chi connectivity index (χ2v) is 7.33. The van der Waals surface area contributed by atoms with Gasteiger partial charge in [0.1, 0.15) is 0 Å². The highest BCUT2D eigenvalue weighted by atomic mass is 16.1. The minimum absolute atomic E-state index is 0.0407. The van der Waals surface area contributed by atoms with Crippen LogP contribution in [-0.2, 0) is 6.42 Å². The number of rotatable bonds is 6. The number of carbonyl (C=O) groups excluding carboxylic acids is 1. The zero-order valence-electron chi connectivity index (χ0n) is 17.3. The molecule has 1 atom stereocenters. The lowest BCUT2D eigenvalue weighted by atomic mass is 9.93. The van der Waals surface area contributed by atoms with Crippen molar-refractivity contribution in [2.75, 3.05) is 0 Å². The summed E-state index contributed by atoms with van der Waals surface area (Å²) in [6.45, 7) is 0. The summed E-state index contributed by atoms with van der Waals surface area (Å²) in [6.07, 6.45) is 0.178. The first-order valence-corrected chi connectivity index (χ1v) is 10.3. The molecule has 1 aromatic heterocycles. The highest BCUT2D eigenvalue weighted by molar-refractivity contribution is 6.09. The second kappa shape index (κ2) is 9.55. The Labute approximate surface area is 186 Å². The van der Waals surface area contributed by atoms with E-state index >= 15 is 0 Å². The summed E-state index contributed by atoms with van der Waals surface area (Å²) in [7, 11) is 0. The van der Waals surface area contributed by atoms with Crippen LogP contribution in [0.4, 0.5) is 0 Å². The van der Waals surface area contributed by atoms with Gasteiger partial charge < -0.3 is 5.32 Å². The molecule has 0 aliphatic rings. The lowest BCUT2D eigenvalue weighted by Gasteiger charge is -2.20. The van der Waals surface area contributed by atoms with Crippen molar-refractivity contribution in [1.29, 1.82) is 10.5 Å². The topological polar surface area (TPSA) is 89.6 Å². The number of hydrogen-bond acceptors (Lipinski definition) is 4. The van der Waals surface area contributed by atoms with Gasteiger partial charge in [-0.1, -0.05) is 78.9 Å². The Hall–Kier alpha value is -4.48. The fourth-order valence-electron chi connectivity index (χ4n) is 3.86. The molecule has 0 saturated heterocycles. The smallest absolute Gasteiger partial charge is 0.252 e. The number of nitrogens with zero attached hydrogens (tertiary/aromatic N) is 3. The molecule has 4 aromatic rings. The van der Waals surface area contributed by atoms with Gasteiger partial charge in [0.25, 0.3) is 5.91 Å². The van der Waals surface area contributed by atoms with E-state index in [1.165, 1.54) is 0 Å². The standard InChI is InChI=1S/C27H20N4O/c28-17-15-22-25(27(32)31-23(16-18-29)19-9-3-1-4-10-19)21-13-7-8-14-24(21)30-26(22)20-11-5-2-6-12-20/h1-14,23H,15-16H2,(H,31,32). The van der Waals surface area contributed by atoms with Crippen molar-refractivity contribution in [1.82, 2.24) is 10.3 Å². The Balaban J connectivity index is 1.88. The SMILES string of the molecule is N#CCc1c(-c2ccccc2)nc2ccccc2c1C(=O)NC(CC#N)c1ccccc1. The molecule has 0 bridgehead atoms. The molecule has 0 spiro atoms. The zero-order chi connectivity index (χ0) is 22.3. The van der Waals surface area contributed by atoms with E-state index in [1.807, 2.05) is 84.9 Å². The molecule has 0 aliphatic heterocycles. The second-order valence-electron chi connectivity index (χ2n) is 7.33. The Bertz CT molecular complexity index is 1340. The summed E-state index contributed by atoms with van der Waals surface area (Å²) in [6, 6.07) is 30.3. The molecule has 0 fully saturated rings. The van der Waals surface area contributed by atoms with Gasteiger partial charge in [-0.25, -0.2) is 4.98 Å². The van der Waals surface area contributed by atoms with Gasteiger partial charge in [-0.3, -0.25) is 4.79 Å². The van der Waals surface area contributed by atoms with Crippen LogP contribution in [-0.4, -0.2) is 10.9 Å². The van der Waals surface area contributed by atoms with Gasteiger partial charge in [-0.15, -0.1) is 0 Å². The zero-order valence-corrected chi connectivity index (χ0v) is 17.3. The summed E-state index contributed by atoms with van der Waals surface area (Å²) in [4.78, 5) is 18.4. The third-order valence-electron chi connectivity index (χ3n) is 5.33. The molecule has 32 heavy (non-hydrogen) atoms. The molecule has 3 aromatic carbocycles. The monoisotopic (exact) mass is 416 g/mol. The maximum atomic E-state index is 13.6. The van der Waals surface area contributed by atoms with E-state index in [9.17, 15) is 15.3 Å². The number of para-hydroxylation sites is 1. The molecule has 5 heteroatoms. The minimum Gasteiger partial charge on any atom is -0.344 e. The number of nitrogens with one attached hydrogen (secondary N) is 1. The van der Waals surface area contributed by atoms with Gasteiger partial charge in [-0.2, -0.15) is 10.5 Å². The first kappa shape index (κ1) is 20.8. The van der Waals surface area contributed by atoms with Crippen molar-refractivity contribution in [3.05, 3.63) is 102 Å². The number of hydrogen-bond donors (Lipinski definition) is 1. The maximum Gasteiger partial charge on any atom is 0.252 e. The first-order chi connectivity index (χ1) is 15.7. The number of amides is 1. The lowest BCUT2D eigenvalue weighted by molar-refractivity contribution is 0.0938. The molecule has 1 heterocycles. The summed E-state index contributed by atoms with van der Waals surface area (Å²) in [5.41, 5.74) is 4.00. The highest BCUT2D eigenvalue weighted by Gasteiger charge is 2.24. The van der Waals surface area contributed by atoms with Gasteiger partial charge in [-0.05, 0) is 11.6 Å². The maximum absolute atomic E-state index is 13.6. The van der Waals surface area contributed by atoms with Crippen molar-refractivity contribution in [2.45, 2.75) is 18.9 Å². The average Bonchev–Trinajstić information content (AvgIpc) is 2.84. The van der Waals surface area contributed by atoms with Crippen LogP contribution in [0.5, 0.6) is 0 Å². The van der Waals surface area contributed by atoms with Gasteiger partial charge >= 0.3 is 0 Å². The van der Waals surface area contributed by atoms with Crippen molar-refractivity contribution < 1.29 is 4.79 Å². The van der Waals surface area contributed by atoms with Gasteiger partial charge in [0.15, 0.2) is 0 Å². The molecule has 1 amide bonds. The normalized spacial score (nSPS) is 11.3. The summed E-state index contributed by atoms with van der Waals surface area (Å²) in [5, 5.41) is 22.6. The van der Waals surface area contributed by atoms with Crippen LogP contribution in [0.15, 0.2) is 84.9 Å². The summed E-state index contributed by atoms with van der Waals surface area (Å²) < 4.78 is 0. The van der Waals surface area contributed by atoms with Crippen molar-refractivity contribution >= 4 is 16.8 Å². The largest absolute Gasteiger partial charge is 0.344 e. The molecular weight excluding hydrogens is 396 g/mol. The van der Waals surface area contributed by atoms with E-state index in [-0.39, 0.29) is 18.7 Å². The van der Waals surface area contributed by atoms with Crippen LogP contribution in [0.25, 0.3) is 22.2 Å². The molecular formula is C27H20N4O. The van der Waals surface area contributed by atoms with E-state index in [0.29, 0.717) is 27.7 Å². The van der Waals surface area contributed by atoms with Crippen LogP contribution < -0.4 is 5.32 Å². The molecule has 0 saturated carbocycles. The molecule has 5 nitrogen and oxygen atoms in total. The Morgan fingerprint density at radius 2 is 1.53 bits per heavy atom. The van der Waals surface area contributed by atoms with Crippen LogP contribution >= 0.6 is 0 Å². The number of carbonyl (C=O) groups is 1. The van der Waals surface area contributed by atoms with E-state index in [0.717, 1.165) is 11.1 Å². The van der Waals surface area contributed by atoms with E-state index < -0.39 is 6.04 Å². The number of fused-ring (bicyclic) bond motifs is 1. The Kier molecular flexibility index (Phi) is 6.20. The first-order valence-electron chi connectivity index (χ1n) is 10.3. The quantitative estimate of drug-likeness (QED) is 0.459. The Morgan fingerprint density at radius 1 is 0.875 bits per heavy atom. The number of nitriles is 2. The lowest BCUT2D eigenvalue weighted by Crippen LogP contribution is -2.29. The molecule has 4 rings (SSSR count). The predicted octanol–water partition coefficient (Wildman–Crippen LogP) is 5.35. The summed E-state index contributed by atoms with van der Waals surface area (Å²) in [5.74, 6) is -0.324. The molecule has 1 unspecified atom stereocenters. The predicted molar refractivity (Wildman–Crippen MR) is 123 cm³/mol. The third kappa shape index (κ3) is 4.19. The van der Waals surface area contributed by atoms with Gasteiger partial charge in [0.05, 0.1) is 47.8 Å². The van der Waals surface area contributed by atoms with Crippen LogP contribution in [0.1, 0.15) is 33.9 Å². The van der Waals surface area contributed by atoms with E-state index in [1.54, 1.807) is 0 Å². The number of benzene rings is 3. The fourth-order valence-corrected chi connectivity index (χ4v) is 3.86. The minimum atomic E-state index is -0.462. The molecule has 0 radical (unpaired) electrons. The highest BCUT2D eigenvalue weighted by Crippen LogP contribution is 2.31.